The number of amides is 4. The lowest BCUT2D eigenvalue weighted by Gasteiger charge is -2.51. The molecule has 1 aliphatic carbocycles. The van der Waals surface area contributed by atoms with Crippen molar-refractivity contribution in [2.24, 2.45) is 0 Å². The molecule has 1 aromatic carbocycles. The predicted octanol–water partition coefficient (Wildman–Crippen LogP) is 1.73. The number of nitrogens with zero attached hydrogens (tertiary/aromatic N) is 4. The van der Waals surface area contributed by atoms with Crippen molar-refractivity contribution in [3.63, 3.8) is 0 Å². The van der Waals surface area contributed by atoms with Gasteiger partial charge in [0.2, 0.25) is 11.8 Å². The van der Waals surface area contributed by atoms with Crippen LogP contribution in [0.2, 0.25) is 0 Å². The molecule has 35 heavy (non-hydrogen) atoms. The lowest BCUT2D eigenvalue weighted by Crippen LogP contribution is -2.55. The Kier molecular flexibility index (Phi) is 8.77. The fourth-order valence-corrected chi connectivity index (χ4v) is 5.67. The molecule has 3 rings (SSSR count). The minimum atomic E-state index is -0.307. The van der Waals surface area contributed by atoms with Gasteiger partial charge in [0.15, 0.2) is 0 Å². The van der Waals surface area contributed by atoms with Crippen molar-refractivity contribution >= 4 is 17.8 Å². The van der Waals surface area contributed by atoms with Crippen molar-refractivity contribution in [3.8, 4) is 0 Å². The van der Waals surface area contributed by atoms with Crippen LogP contribution in [0.1, 0.15) is 37.7 Å². The number of methoxy groups -OCH3 is 1. The molecule has 0 bridgehead atoms. The van der Waals surface area contributed by atoms with Gasteiger partial charge in [0.05, 0.1) is 12.1 Å². The Bertz CT molecular complexity index is 883. The average molecular weight is 488 g/mol. The van der Waals surface area contributed by atoms with Gasteiger partial charge in [-0.15, -0.1) is 0 Å². The highest BCUT2D eigenvalue weighted by Crippen LogP contribution is 2.48. The van der Waals surface area contributed by atoms with Gasteiger partial charge >= 0.3 is 6.03 Å². The number of urea groups is 1. The quantitative estimate of drug-likeness (QED) is 0.508. The molecule has 2 aliphatic rings. The summed E-state index contributed by atoms with van der Waals surface area (Å²) in [5, 5.41) is 2.53. The molecule has 194 valence electrons. The van der Waals surface area contributed by atoms with Crippen LogP contribution in [0.4, 0.5) is 4.79 Å². The monoisotopic (exact) mass is 487 g/mol. The van der Waals surface area contributed by atoms with E-state index in [1.165, 1.54) is 10.5 Å². The van der Waals surface area contributed by atoms with Crippen LogP contribution >= 0.6 is 0 Å². The van der Waals surface area contributed by atoms with E-state index in [1.807, 2.05) is 11.0 Å². The van der Waals surface area contributed by atoms with E-state index >= 15 is 0 Å². The van der Waals surface area contributed by atoms with Crippen LogP contribution in [-0.4, -0.2) is 111 Å². The van der Waals surface area contributed by atoms with Crippen LogP contribution in [0.3, 0.4) is 0 Å². The van der Waals surface area contributed by atoms with Gasteiger partial charge in [0.1, 0.15) is 6.54 Å². The van der Waals surface area contributed by atoms with Crippen molar-refractivity contribution in [2.75, 3.05) is 68.1 Å². The first-order chi connectivity index (χ1) is 16.7. The van der Waals surface area contributed by atoms with Gasteiger partial charge in [-0.25, -0.2) is 4.79 Å². The van der Waals surface area contributed by atoms with Crippen molar-refractivity contribution in [1.82, 2.24) is 24.9 Å². The molecule has 9 nitrogen and oxygen atoms in total. The van der Waals surface area contributed by atoms with E-state index < -0.39 is 0 Å². The second kappa shape index (κ2) is 11.4. The molecule has 0 unspecified atom stereocenters. The molecule has 0 atom stereocenters. The molecular formula is C26H41N5O4. The molecule has 1 saturated carbocycles. The zero-order valence-corrected chi connectivity index (χ0v) is 21.9. The van der Waals surface area contributed by atoms with Crippen LogP contribution in [0, 0.1) is 0 Å². The summed E-state index contributed by atoms with van der Waals surface area (Å²) >= 11 is 0. The van der Waals surface area contributed by atoms with Gasteiger partial charge in [-0.1, -0.05) is 30.3 Å². The molecule has 0 radical (unpaired) electrons. The summed E-state index contributed by atoms with van der Waals surface area (Å²) in [6.45, 7) is 1.66. The van der Waals surface area contributed by atoms with Crippen molar-refractivity contribution in [3.05, 3.63) is 35.9 Å². The fraction of sp³-hybridized carbons (Fsp3) is 0.654. The topological polar surface area (TPSA) is 85.4 Å². The van der Waals surface area contributed by atoms with E-state index in [0.29, 0.717) is 19.7 Å². The van der Waals surface area contributed by atoms with E-state index in [-0.39, 0.29) is 42.0 Å². The smallest absolute Gasteiger partial charge is 0.321 e. The van der Waals surface area contributed by atoms with Crippen molar-refractivity contribution in [2.45, 2.75) is 43.2 Å². The van der Waals surface area contributed by atoms with Gasteiger partial charge in [-0.05, 0) is 51.8 Å². The number of hydrogen-bond acceptors (Lipinski definition) is 5. The number of nitrogens with one attached hydrogen (secondary N) is 1. The maximum Gasteiger partial charge on any atom is 0.321 e. The first-order valence-corrected chi connectivity index (χ1v) is 12.4. The summed E-state index contributed by atoms with van der Waals surface area (Å²) in [6.07, 6.45) is 4.32. The summed E-state index contributed by atoms with van der Waals surface area (Å²) in [5.41, 5.74) is 0.918. The highest BCUT2D eigenvalue weighted by Gasteiger charge is 2.54. The summed E-state index contributed by atoms with van der Waals surface area (Å²) in [6, 6.07) is 10.5. The Labute approximate surface area is 209 Å². The predicted molar refractivity (Wildman–Crippen MR) is 135 cm³/mol. The van der Waals surface area contributed by atoms with E-state index in [9.17, 15) is 14.4 Å². The van der Waals surface area contributed by atoms with Crippen molar-refractivity contribution in [1.29, 1.82) is 0 Å². The summed E-state index contributed by atoms with van der Waals surface area (Å²) < 4.78 is 5.25. The molecule has 1 spiro atoms. The minimum Gasteiger partial charge on any atom is -0.385 e. The molecule has 1 aromatic rings. The zero-order valence-electron chi connectivity index (χ0n) is 21.9. The number of carbonyl (C=O) groups is 3. The number of carbonyl (C=O) groups excluding carboxylic acids is 3. The first-order valence-electron chi connectivity index (χ1n) is 12.4. The van der Waals surface area contributed by atoms with E-state index in [1.54, 1.807) is 26.1 Å². The summed E-state index contributed by atoms with van der Waals surface area (Å²) in [7, 11) is 9.07. The number of rotatable bonds is 10. The van der Waals surface area contributed by atoms with Crippen LogP contribution in [-0.2, 0) is 19.9 Å². The third-order valence-corrected chi connectivity index (χ3v) is 7.88. The number of hydrogen-bond donors (Lipinski definition) is 1. The van der Waals surface area contributed by atoms with Gasteiger partial charge in [0, 0.05) is 46.4 Å². The number of benzene rings is 1. The molecule has 1 saturated heterocycles. The average Bonchev–Trinajstić information content (AvgIpc) is 3.10. The van der Waals surface area contributed by atoms with Gasteiger partial charge < -0.3 is 24.8 Å². The molecule has 9 heteroatoms. The number of likely N-dealkylation sites (N-methyl/N-ethyl adjacent to an activating group) is 2. The SMILES string of the molecule is CNC(=O)CN(C)C(=O)CN1C[C@]2(CC[C@@](c3ccccc3)(N(C)C)CC2)N(CCCOC)C1=O. The van der Waals surface area contributed by atoms with Gasteiger partial charge in [0.25, 0.3) is 0 Å². The third kappa shape index (κ3) is 5.62. The maximum atomic E-state index is 13.5. The lowest BCUT2D eigenvalue weighted by atomic mass is 9.68. The molecule has 2 fully saturated rings. The summed E-state index contributed by atoms with van der Waals surface area (Å²) in [5.74, 6) is -0.474. The Morgan fingerprint density at radius 2 is 1.74 bits per heavy atom. The van der Waals surface area contributed by atoms with Crippen LogP contribution in [0.25, 0.3) is 0 Å². The standard InChI is InChI=1S/C26H41N5O4/c1-27-22(32)18-29(4)23(33)19-30-20-25(31(24(30)34)16-9-17-35-5)12-14-26(15-13-25,28(2)3)21-10-7-6-8-11-21/h6-8,10-11H,9,12-20H2,1-5H3,(H,27,32)/t25-,26-. The Hall–Kier alpha value is -2.65. The highest BCUT2D eigenvalue weighted by atomic mass is 16.5. The van der Waals surface area contributed by atoms with Crippen molar-refractivity contribution < 1.29 is 19.1 Å². The molecule has 0 aromatic heterocycles. The maximum absolute atomic E-state index is 13.5. The van der Waals surface area contributed by atoms with Crippen LogP contribution < -0.4 is 5.32 Å². The van der Waals surface area contributed by atoms with Gasteiger partial charge in [-0.3, -0.25) is 14.5 Å². The Morgan fingerprint density at radius 3 is 2.31 bits per heavy atom. The first kappa shape index (κ1) is 26.9. The second-order valence-corrected chi connectivity index (χ2v) is 10.1. The normalized spacial score (nSPS) is 24.3. The highest BCUT2D eigenvalue weighted by molar-refractivity contribution is 5.88. The molecule has 4 amide bonds. The Balaban J connectivity index is 1.79. The van der Waals surface area contributed by atoms with E-state index in [4.69, 9.17) is 4.74 Å². The van der Waals surface area contributed by atoms with E-state index in [2.05, 4.69) is 48.6 Å². The Morgan fingerprint density at radius 1 is 1.09 bits per heavy atom. The lowest BCUT2D eigenvalue weighted by molar-refractivity contribution is -0.134. The zero-order chi connectivity index (χ0) is 25.6. The third-order valence-electron chi connectivity index (χ3n) is 7.88. The largest absolute Gasteiger partial charge is 0.385 e. The molecule has 1 N–H and O–H groups in total. The molecule has 1 aliphatic heterocycles. The molecule has 1 heterocycles. The van der Waals surface area contributed by atoms with E-state index in [0.717, 1.165) is 32.1 Å². The molecular weight excluding hydrogens is 446 g/mol. The summed E-state index contributed by atoms with van der Waals surface area (Å²) in [4.78, 5) is 45.4. The fourth-order valence-electron chi connectivity index (χ4n) is 5.67. The van der Waals surface area contributed by atoms with Crippen LogP contribution in [0.5, 0.6) is 0 Å². The van der Waals surface area contributed by atoms with Crippen LogP contribution in [0.15, 0.2) is 30.3 Å². The number of ether oxygens (including phenoxy) is 1. The van der Waals surface area contributed by atoms with Gasteiger partial charge in [-0.2, -0.15) is 0 Å². The minimum absolute atomic E-state index is 0.0215. The second-order valence-electron chi connectivity index (χ2n) is 10.1.